The normalized spacial score (nSPS) is 10.5. The van der Waals surface area contributed by atoms with Crippen molar-refractivity contribution in [2.75, 3.05) is 0 Å². The third-order valence-corrected chi connectivity index (χ3v) is 3.18. The van der Waals surface area contributed by atoms with E-state index in [-0.39, 0.29) is 17.2 Å². The van der Waals surface area contributed by atoms with E-state index in [2.05, 4.69) is 27.7 Å². The molecule has 2 aromatic rings. The van der Waals surface area contributed by atoms with E-state index >= 15 is 0 Å². The third-order valence-electron chi connectivity index (χ3n) is 2.46. The quantitative estimate of drug-likeness (QED) is 0.674. The Hall–Kier alpha value is -1.37. The average Bonchev–Trinajstić information content (AvgIpc) is 2.55. The van der Waals surface area contributed by atoms with Crippen LogP contribution in [0.3, 0.4) is 0 Å². The van der Waals surface area contributed by atoms with Crippen LogP contribution in [-0.2, 0) is 0 Å². The van der Waals surface area contributed by atoms with Gasteiger partial charge in [0.1, 0.15) is 5.56 Å². The molecular formula is C12H11IN2O2. The fourth-order valence-corrected chi connectivity index (χ4v) is 2.05. The second-order valence-corrected chi connectivity index (χ2v) is 4.97. The van der Waals surface area contributed by atoms with E-state index < -0.39 is 0 Å². The van der Waals surface area contributed by atoms with Gasteiger partial charge in [-0.3, -0.25) is 4.79 Å². The van der Waals surface area contributed by atoms with Crippen molar-refractivity contribution in [1.29, 1.82) is 0 Å². The van der Waals surface area contributed by atoms with Gasteiger partial charge in [-0.2, -0.15) is 5.10 Å². The monoisotopic (exact) mass is 342 g/mol. The first-order valence-electron chi connectivity index (χ1n) is 5.06. The zero-order valence-corrected chi connectivity index (χ0v) is 11.6. The highest BCUT2D eigenvalue weighted by Gasteiger charge is 2.18. The molecule has 88 valence electrons. The molecule has 0 aliphatic heterocycles. The van der Waals surface area contributed by atoms with Crippen molar-refractivity contribution in [1.82, 2.24) is 9.78 Å². The molecule has 0 atom stereocenters. The maximum Gasteiger partial charge on any atom is 0.225 e. The maximum atomic E-state index is 11.4. The van der Waals surface area contributed by atoms with Crippen LogP contribution in [0.1, 0.15) is 23.0 Å². The SMILES string of the molecule is CC(=O)c1c(C)nn(-c2ccc(I)cc2)c1O. The smallest absolute Gasteiger partial charge is 0.225 e. The van der Waals surface area contributed by atoms with Crippen molar-refractivity contribution in [3.05, 3.63) is 39.1 Å². The number of halogens is 1. The molecule has 0 fully saturated rings. The Kier molecular flexibility index (Phi) is 3.19. The molecule has 1 aromatic heterocycles. The Morgan fingerprint density at radius 1 is 1.35 bits per heavy atom. The van der Waals surface area contributed by atoms with Crippen molar-refractivity contribution in [3.63, 3.8) is 0 Å². The van der Waals surface area contributed by atoms with Gasteiger partial charge in [-0.05, 0) is 60.7 Å². The average molecular weight is 342 g/mol. The summed E-state index contributed by atoms with van der Waals surface area (Å²) in [6.07, 6.45) is 0. The van der Waals surface area contributed by atoms with E-state index in [1.807, 2.05) is 24.3 Å². The number of Topliss-reactive ketones (excluding diaryl/α,β-unsaturated/α-hetero) is 1. The van der Waals surface area contributed by atoms with Gasteiger partial charge in [0.25, 0.3) is 0 Å². The van der Waals surface area contributed by atoms with Crippen LogP contribution in [0.5, 0.6) is 5.88 Å². The van der Waals surface area contributed by atoms with E-state index in [0.717, 1.165) is 9.26 Å². The highest BCUT2D eigenvalue weighted by Crippen LogP contribution is 2.25. The number of rotatable bonds is 2. The second kappa shape index (κ2) is 4.48. The van der Waals surface area contributed by atoms with E-state index in [1.54, 1.807) is 6.92 Å². The van der Waals surface area contributed by atoms with Gasteiger partial charge in [0.15, 0.2) is 5.78 Å². The van der Waals surface area contributed by atoms with Crippen molar-refractivity contribution in [2.45, 2.75) is 13.8 Å². The molecule has 4 nitrogen and oxygen atoms in total. The second-order valence-electron chi connectivity index (χ2n) is 3.73. The van der Waals surface area contributed by atoms with Crippen molar-refractivity contribution in [2.24, 2.45) is 0 Å². The predicted molar refractivity (Wildman–Crippen MR) is 72.7 cm³/mol. The van der Waals surface area contributed by atoms with E-state index in [4.69, 9.17) is 0 Å². The summed E-state index contributed by atoms with van der Waals surface area (Å²) in [5.41, 5.74) is 1.55. The summed E-state index contributed by atoms with van der Waals surface area (Å²) >= 11 is 2.20. The summed E-state index contributed by atoms with van der Waals surface area (Å²) in [4.78, 5) is 11.4. The summed E-state index contributed by atoms with van der Waals surface area (Å²) in [5.74, 6) is -0.284. The van der Waals surface area contributed by atoms with Gasteiger partial charge in [-0.15, -0.1) is 0 Å². The highest BCUT2D eigenvalue weighted by atomic mass is 127. The molecule has 0 spiro atoms. The Bertz CT molecular complexity index is 573. The van der Waals surface area contributed by atoms with Crippen molar-refractivity contribution < 1.29 is 9.90 Å². The topological polar surface area (TPSA) is 55.1 Å². The van der Waals surface area contributed by atoms with Gasteiger partial charge in [-0.1, -0.05) is 0 Å². The Balaban J connectivity index is 2.57. The van der Waals surface area contributed by atoms with Gasteiger partial charge in [0.05, 0.1) is 11.4 Å². The van der Waals surface area contributed by atoms with Crippen LogP contribution >= 0.6 is 22.6 Å². The van der Waals surface area contributed by atoms with Crippen molar-refractivity contribution >= 4 is 28.4 Å². The summed E-state index contributed by atoms with van der Waals surface area (Å²) in [7, 11) is 0. The minimum atomic E-state index is -0.184. The minimum Gasteiger partial charge on any atom is -0.493 e. The lowest BCUT2D eigenvalue weighted by Gasteiger charge is -2.03. The van der Waals surface area contributed by atoms with E-state index in [9.17, 15) is 9.90 Å². The fraction of sp³-hybridized carbons (Fsp3) is 0.167. The van der Waals surface area contributed by atoms with E-state index in [1.165, 1.54) is 11.6 Å². The number of nitrogens with zero attached hydrogens (tertiary/aromatic N) is 2. The van der Waals surface area contributed by atoms with Crippen molar-refractivity contribution in [3.8, 4) is 11.6 Å². The molecule has 1 N–H and O–H groups in total. The Morgan fingerprint density at radius 3 is 2.41 bits per heavy atom. The third kappa shape index (κ3) is 2.19. The van der Waals surface area contributed by atoms with Crippen LogP contribution in [0.15, 0.2) is 24.3 Å². The lowest BCUT2D eigenvalue weighted by atomic mass is 10.2. The van der Waals surface area contributed by atoms with Gasteiger partial charge in [0.2, 0.25) is 5.88 Å². The molecular weight excluding hydrogens is 331 g/mol. The lowest BCUT2D eigenvalue weighted by molar-refractivity contribution is 0.101. The summed E-state index contributed by atoms with van der Waals surface area (Å²) in [6.45, 7) is 3.13. The van der Waals surface area contributed by atoms with Crippen LogP contribution in [0.25, 0.3) is 5.69 Å². The zero-order chi connectivity index (χ0) is 12.6. The Labute approximate surface area is 112 Å². The highest BCUT2D eigenvalue weighted by molar-refractivity contribution is 14.1. The van der Waals surface area contributed by atoms with E-state index in [0.29, 0.717) is 5.69 Å². The largest absolute Gasteiger partial charge is 0.493 e. The molecule has 1 aromatic carbocycles. The molecule has 2 rings (SSSR count). The predicted octanol–water partition coefficient (Wildman–Crippen LogP) is 2.69. The minimum absolute atomic E-state index is 0.101. The molecule has 17 heavy (non-hydrogen) atoms. The van der Waals surface area contributed by atoms with Gasteiger partial charge >= 0.3 is 0 Å². The molecule has 0 aliphatic rings. The molecule has 1 heterocycles. The Morgan fingerprint density at radius 2 is 1.94 bits per heavy atom. The van der Waals surface area contributed by atoms with Gasteiger partial charge in [-0.25, -0.2) is 4.68 Å². The first-order valence-corrected chi connectivity index (χ1v) is 6.14. The zero-order valence-electron chi connectivity index (χ0n) is 9.44. The number of carbonyl (C=O) groups is 1. The maximum absolute atomic E-state index is 11.4. The van der Waals surface area contributed by atoms with Gasteiger partial charge in [0, 0.05) is 3.57 Å². The summed E-state index contributed by atoms with van der Waals surface area (Å²) < 4.78 is 2.48. The molecule has 5 heteroatoms. The van der Waals surface area contributed by atoms with Gasteiger partial charge < -0.3 is 5.11 Å². The molecule has 0 saturated heterocycles. The van der Waals surface area contributed by atoms with Crippen LogP contribution in [0.4, 0.5) is 0 Å². The first kappa shape index (κ1) is 12.1. The molecule has 0 aliphatic carbocycles. The summed E-state index contributed by atoms with van der Waals surface area (Å²) in [6, 6.07) is 7.52. The van der Waals surface area contributed by atoms with Crippen LogP contribution < -0.4 is 0 Å². The van der Waals surface area contributed by atoms with Crippen LogP contribution in [0, 0.1) is 10.5 Å². The number of aromatic nitrogens is 2. The number of aromatic hydroxyl groups is 1. The van der Waals surface area contributed by atoms with Crippen LogP contribution in [-0.4, -0.2) is 20.7 Å². The molecule has 0 bridgehead atoms. The molecule has 0 saturated carbocycles. The first-order chi connectivity index (χ1) is 8.00. The number of hydrogen-bond donors (Lipinski definition) is 1. The van der Waals surface area contributed by atoms with Crippen LogP contribution in [0.2, 0.25) is 0 Å². The molecule has 0 amide bonds. The fourth-order valence-electron chi connectivity index (χ4n) is 1.69. The molecule has 0 unspecified atom stereocenters. The lowest BCUT2D eigenvalue weighted by Crippen LogP contribution is -1.96. The number of hydrogen-bond acceptors (Lipinski definition) is 3. The number of aryl methyl sites for hydroxylation is 1. The number of benzene rings is 1. The molecule has 0 radical (unpaired) electrons. The summed E-state index contributed by atoms with van der Waals surface area (Å²) in [5, 5.41) is 14.2. The standard InChI is InChI=1S/C12H11IN2O2/c1-7-11(8(2)16)12(17)15(14-7)10-5-3-9(13)4-6-10/h3-6,17H,1-2H3. The number of carbonyl (C=O) groups excluding carboxylic acids is 1. The number of ketones is 1.